The number of carboxylic acid groups (broad SMARTS) is 1. The minimum atomic E-state index is -4.68. The van der Waals surface area contributed by atoms with Gasteiger partial charge in [0.15, 0.2) is 0 Å². The molecular formula is C27H27F3N4O4S. The van der Waals surface area contributed by atoms with Crippen molar-refractivity contribution in [2.24, 2.45) is 11.3 Å². The number of aromatic nitrogens is 2. The van der Waals surface area contributed by atoms with Crippen molar-refractivity contribution < 1.29 is 31.5 Å². The van der Waals surface area contributed by atoms with Gasteiger partial charge >= 0.3 is 12.1 Å². The fraction of sp³-hybridized carbons (Fsp3) is 0.370. The molecule has 2 N–H and O–H groups in total. The molecule has 2 aliphatic rings. The number of aryl methyl sites for hydroxylation is 1. The highest BCUT2D eigenvalue weighted by atomic mass is 32.2. The normalized spacial score (nSPS) is 17.6. The van der Waals surface area contributed by atoms with Crippen LogP contribution in [-0.2, 0) is 21.0 Å². The Labute approximate surface area is 224 Å². The van der Waals surface area contributed by atoms with Crippen LogP contribution in [-0.4, -0.2) is 42.6 Å². The van der Waals surface area contributed by atoms with Crippen LogP contribution in [0.4, 0.5) is 24.8 Å². The largest absolute Gasteiger partial charge is 0.481 e. The molecule has 1 saturated carbocycles. The molecule has 206 valence electrons. The molecule has 3 heterocycles. The lowest BCUT2D eigenvalue weighted by Gasteiger charge is -2.51. The number of hydrogen-bond acceptors (Lipinski definition) is 6. The summed E-state index contributed by atoms with van der Waals surface area (Å²) >= 11 is 0. The van der Waals surface area contributed by atoms with Crippen LogP contribution in [0.1, 0.15) is 36.8 Å². The molecule has 1 spiro atoms. The van der Waals surface area contributed by atoms with Crippen LogP contribution < -0.4 is 9.62 Å². The number of hydrogen-bond donors (Lipinski definition) is 2. The van der Waals surface area contributed by atoms with E-state index in [2.05, 4.69) is 14.7 Å². The number of sulfonamides is 1. The number of rotatable bonds is 6. The highest BCUT2D eigenvalue weighted by Crippen LogP contribution is 2.52. The Hall–Kier alpha value is -3.67. The summed E-state index contributed by atoms with van der Waals surface area (Å²) in [6, 6.07) is 10.4. The lowest BCUT2D eigenvalue weighted by Crippen LogP contribution is -2.49. The molecule has 3 aromatic rings. The highest BCUT2D eigenvalue weighted by molar-refractivity contribution is 7.92. The van der Waals surface area contributed by atoms with Crippen LogP contribution >= 0.6 is 0 Å². The van der Waals surface area contributed by atoms with Gasteiger partial charge in [-0.15, -0.1) is 0 Å². The van der Waals surface area contributed by atoms with Crippen LogP contribution in [0.2, 0.25) is 0 Å². The van der Waals surface area contributed by atoms with Gasteiger partial charge in [-0.2, -0.15) is 13.2 Å². The van der Waals surface area contributed by atoms with Gasteiger partial charge in [0.25, 0.3) is 10.0 Å². The lowest BCUT2D eigenvalue weighted by molar-refractivity contribution is -0.151. The topological polar surface area (TPSA) is 112 Å². The summed E-state index contributed by atoms with van der Waals surface area (Å²) < 4.78 is 69.9. The number of aliphatic carboxylic acids is 1. The van der Waals surface area contributed by atoms with E-state index in [0.29, 0.717) is 49.1 Å². The van der Waals surface area contributed by atoms with E-state index in [-0.39, 0.29) is 27.6 Å². The number of pyridine rings is 2. The summed E-state index contributed by atoms with van der Waals surface area (Å²) in [5.74, 6) is -0.830. The summed E-state index contributed by atoms with van der Waals surface area (Å²) in [5, 5.41) is 9.19. The van der Waals surface area contributed by atoms with E-state index >= 15 is 0 Å². The second-order valence-corrected chi connectivity index (χ2v) is 12.0. The summed E-state index contributed by atoms with van der Waals surface area (Å²) in [4.78, 5) is 21.1. The van der Waals surface area contributed by atoms with E-state index in [1.807, 2.05) is 4.90 Å². The molecule has 1 aliphatic carbocycles. The number of nitrogens with zero attached hydrogens (tertiary/aromatic N) is 3. The average Bonchev–Trinajstić information content (AvgIpc) is 2.87. The third-order valence-corrected chi connectivity index (χ3v) is 9.12. The number of alkyl halides is 3. The van der Waals surface area contributed by atoms with Gasteiger partial charge in [0.1, 0.15) is 11.6 Å². The Bertz CT molecular complexity index is 1510. The standard InChI is InChI=1S/C27H27F3N4O4S/c1-17-4-2-3-5-20(17)21-13-23(32-16-22(21)27(28,29)30)33-39(37,38)19-6-9-31-24(12-19)34-10-7-26(8-11-34)14-18(15-26)25(35)36/h2-6,9,12-13,16,18H,7-8,10-11,14-15H2,1H3,(H,32,33)(H,35,36). The minimum Gasteiger partial charge on any atom is -0.481 e. The van der Waals surface area contributed by atoms with E-state index in [9.17, 15) is 31.5 Å². The van der Waals surface area contributed by atoms with Crippen LogP contribution in [0.25, 0.3) is 11.1 Å². The zero-order valence-corrected chi connectivity index (χ0v) is 21.9. The molecule has 39 heavy (non-hydrogen) atoms. The van der Waals surface area contributed by atoms with Crippen molar-refractivity contribution in [1.82, 2.24) is 9.97 Å². The molecule has 0 bridgehead atoms. The first-order chi connectivity index (χ1) is 18.4. The average molecular weight is 561 g/mol. The first kappa shape index (κ1) is 26.9. The molecule has 0 amide bonds. The maximum atomic E-state index is 13.7. The first-order valence-corrected chi connectivity index (χ1v) is 14.0. The predicted molar refractivity (Wildman–Crippen MR) is 139 cm³/mol. The fourth-order valence-electron chi connectivity index (χ4n) is 5.55. The highest BCUT2D eigenvalue weighted by Gasteiger charge is 2.48. The van der Waals surface area contributed by atoms with E-state index in [1.54, 1.807) is 31.2 Å². The van der Waals surface area contributed by atoms with Crippen LogP contribution in [0, 0.1) is 18.3 Å². The lowest BCUT2D eigenvalue weighted by atomic mass is 9.57. The molecule has 0 unspecified atom stereocenters. The number of carbonyl (C=O) groups is 1. The summed E-state index contributed by atoms with van der Waals surface area (Å²) in [6.07, 6.45) is 0.241. The Morgan fingerprint density at radius 3 is 2.41 bits per heavy atom. The number of piperidine rings is 1. The quantitative estimate of drug-likeness (QED) is 0.418. The Morgan fingerprint density at radius 1 is 1.08 bits per heavy atom. The molecule has 12 heteroatoms. The number of carboxylic acids is 1. The van der Waals surface area contributed by atoms with Gasteiger partial charge in [-0.1, -0.05) is 24.3 Å². The fourth-order valence-corrected chi connectivity index (χ4v) is 6.56. The van der Waals surface area contributed by atoms with Gasteiger partial charge in [-0.3, -0.25) is 9.52 Å². The van der Waals surface area contributed by atoms with E-state index < -0.39 is 27.7 Å². The monoisotopic (exact) mass is 560 g/mol. The van der Waals surface area contributed by atoms with Gasteiger partial charge in [0.05, 0.1) is 16.4 Å². The van der Waals surface area contributed by atoms with Crippen molar-refractivity contribution >= 4 is 27.6 Å². The number of halogens is 3. The van der Waals surface area contributed by atoms with Gasteiger partial charge in [0, 0.05) is 31.5 Å². The molecule has 0 atom stereocenters. The van der Waals surface area contributed by atoms with Crippen LogP contribution in [0.15, 0.2) is 59.8 Å². The van der Waals surface area contributed by atoms with Crippen molar-refractivity contribution in [3.8, 4) is 11.1 Å². The number of nitrogens with one attached hydrogen (secondary N) is 1. The van der Waals surface area contributed by atoms with Crippen molar-refractivity contribution in [2.75, 3.05) is 22.7 Å². The predicted octanol–water partition coefficient (Wildman–Crippen LogP) is 5.35. The molecule has 8 nitrogen and oxygen atoms in total. The van der Waals surface area contributed by atoms with Gasteiger partial charge < -0.3 is 10.0 Å². The SMILES string of the molecule is Cc1ccccc1-c1cc(NS(=O)(=O)c2ccnc(N3CCC4(CC3)CC(C(=O)O)C4)c2)ncc1C(F)(F)F. The number of benzene rings is 1. The molecule has 5 rings (SSSR count). The van der Waals surface area contributed by atoms with Crippen molar-refractivity contribution in [1.29, 1.82) is 0 Å². The second-order valence-electron chi connectivity index (χ2n) is 10.3. The summed E-state index contributed by atoms with van der Waals surface area (Å²) in [5.41, 5.74) is -0.191. The smallest absolute Gasteiger partial charge is 0.418 e. The van der Waals surface area contributed by atoms with Crippen molar-refractivity contribution in [2.45, 2.75) is 43.7 Å². The molecule has 1 aromatic carbocycles. The van der Waals surface area contributed by atoms with Crippen LogP contribution in [0.3, 0.4) is 0 Å². The molecule has 1 aliphatic heterocycles. The third-order valence-electron chi connectivity index (χ3n) is 7.77. The zero-order chi connectivity index (χ0) is 28.0. The van der Waals surface area contributed by atoms with Crippen LogP contribution in [0.5, 0.6) is 0 Å². The summed E-state index contributed by atoms with van der Waals surface area (Å²) in [6.45, 7) is 2.92. The minimum absolute atomic E-state index is 0.0217. The van der Waals surface area contributed by atoms with E-state index in [4.69, 9.17) is 0 Å². The van der Waals surface area contributed by atoms with Gasteiger partial charge in [-0.25, -0.2) is 18.4 Å². The molecule has 1 saturated heterocycles. The molecule has 2 fully saturated rings. The number of anilines is 2. The third kappa shape index (κ3) is 5.42. The van der Waals surface area contributed by atoms with E-state index in [0.717, 1.165) is 18.9 Å². The Balaban J connectivity index is 1.36. The molecular weight excluding hydrogens is 533 g/mol. The van der Waals surface area contributed by atoms with Crippen molar-refractivity contribution in [3.05, 3.63) is 66.0 Å². The van der Waals surface area contributed by atoms with Gasteiger partial charge in [-0.05, 0) is 66.8 Å². The Kier molecular flexibility index (Phi) is 6.78. The van der Waals surface area contributed by atoms with Crippen molar-refractivity contribution in [3.63, 3.8) is 0 Å². The summed E-state index contributed by atoms with van der Waals surface area (Å²) in [7, 11) is -4.19. The maximum absolute atomic E-state index is 13.7. The molecule has 2 aromatic heterocycles. The molecule has 0 radical (unpaired) electrons. The maximum Gasteiger partial charge on any atom is 0.418 e. The first-order valence-electron chi connectivity index (χ1n) is 12.5. The Morgan fingerprint density at radius 2 is 1.77 bits per heavy atom. The van der Waals surface area contributed by atoms with Gasteiger partial charge in [0.2, 0.25) is 0 Å². The van der Waals surface area contributed by atoms with E-state index in [1.165, 1.54) is 18.3 Å². The zero-order valence-electron chi connectivity index (χ0n) is 21.1. The second kappa shape index (κ2) is 9.82.